The van der Waals surface area contributed by atoms with Crippen molar-refractivity contribution in [2.24, 2.45) is 0 Å². The van der Waals surface area contributed by atoms with Crippen molar-refractivity contribution in [3.8, 4) is 0 Å². The Labute approximate surface area is 153 Å². The second-order valence-electron chi connectivity index (χ2n) is 7.04. The molecule has 4 heteroatoms. The number of epoxide rings is 2. The van der Waals surface area contributed by atoms with Crippen LogP contribution in [0.1, 0.15) is 11.1 Å². The molecule has 1 aliphatic carbocycles. The molecule has 2 aliphatic heterocycles. The highest BCUT2D eigenvalue weighted by Crippen LogP contribution is 2.41. The first-order chi connectivity index (χ1) is 12.9. The average molecular weight is 350 g/mol. The molecule has 2 fully saturated rings. The van der Waals surface area contributed by atoms with Gasteiger partial charge in [-0.2, -0.15) is 0 Å². The first-order valence-corrected chi connectivity index (χ1v) is 9.19. The second kappa shape index (κ2) is 6.97. The van der Waals surface area contributed by atoms with Crippen LogP contribution in [-0.2, 0) is 32.2 Å². The van der Waals surface area contributed by atoms with Crippen LogP contribution in [0.5, 0.6) is 0 Å². The van der Waals surface area contributed by atoms with Gasteiger partial charge in [-0.25, -0.2) is 0 Å². The number of rotatable bonds is 6. The largest absolute Gasteiger partial charge is 0.368 e. The third-order valence-electron chi connectivity index (χ3n) is 5.16. The van der Waals surface area contributed by atoms with Crippen molar-refractivity contribution in [3.05, 3.63) is 83.9 Å². The SMILES string of the molecule is C1=C[C@H]2O[C@H]2[C@H](OCc2ccccc2)[C@H](OCc2ccccc2)[C@H]2O[C@@H]12. The summed E-state index contributed by atoms with van der Waals surface area (Å²) in [4.78, 5) is 0. The molecule has 0 N–H and O–H groups in total. The summed E-state index contributed by atoms with van der Waals surface area (Å²) in [5, 5.41) is 0. The molecular weight excluding hydrogens is 328 g/mol. The van der Waals surface area contributed by atoms with Gasteiger partial charge in [-0.15, -0.1) is 0 Å². The number of hydrogen-bond donors (Lipinski definition) is 0. The monoisotopic (exact) mass is 350 g/mol. The molecule has 2 heterocycles. The molecule has 6 atom stereocenters. The molecule has 2 aromatic rings. The Morgan fingerprint density at radius 2 is 1.04 bits per heavy atom. The number of fused-ring (bicyclic) bond motifs is 2. The number of hydrogen-bond acceptors (Lipinski definition) is 4. The van der Waals surface area contributed by atoms with E-state index in [1.54, 1.807) is 0 Å². The highest BCUT2D eigenvalue weighted by Gasteiger charge is 2.57. The van der Waals surface area contributed by atoms with Crippen LogP contribution in [-0.4, -0.2) is 36.6 Å². The lowest BCUT2D eigenvalue weighted by Crippen LogP contribution is -2.41. The Hall–Kier alpha value is -1.98. The Morgan fingerprint density at radius 1 is 0.615 bits per heavy atom. The molecule has 0 radical (unpaired) electrons. The van der Waals surface area contributed by atoms with Crippen molar-refractivity contribution in [1.29, 1.82) is 0 Å². The number of ether oxygens (including phenoxy) is 4. The topological polar surface area (TPSA) is 43.5 Å². The maximum Gasteiger partial charge on any atom is 0.117 e. The molecule has 2 saturated heterocycles. The van der Waals surface area contributed by atoms with Crippen molar-refractivity contribution in [3.63, 3.8) is 0 Å². The van der Waals surface area contributed by atoms with Crippen LogP contribution in [0, 0.1) is 0 Å². The Morgan fingerprint density at radius 3 is 1.46 bits per heavy atom. The van der Waals surface area contributed by atoms with Crippen molar-refractivity contribution in [1.82, 2.24) is 0 Å². The highest BCUT2D eigenvalue weighted by atomic mass is 16.7. The lowest BCUT2D eigenvalue weighted by atomic mass is 9.99. The summed E-state index contributed by atoms with van der Waals surface area (Å²) in [6, 6.07) is 20.4. The summed E-state index contributed by atoms with van der Waals surface area (Å²) in [6.45, 7) is 1.09. The van der Waals surface area contributed by atoms with E-state index in [2.05, 4.69) is 36.4 Å². The molecule has 4 nitrogen and oxygen atoms in total. The van der Waals surface area contributed by atoms with Gasteiger partial charge in [-0.3, -0.25) is 0 Å². The summed E-state index contributed by atoms with van der Waals surface area (Å²) >= 11 is 0. The summed E-state index contributed by atoms with van der Waals surface area (Å²) in [5.41, 5.74) is 2.30. The lowest BCUT2D eigenvalue weighted by molar-refractivity contribution is -0.104. The average Bonchev–Trinajstić information content (AvgIpc) is 3.59. The van der Waals surface area contributed by atoms with Gasteiger partial charge >= 0.3 is 0 Å². The van der Waals surface area contributed by atoms with Gasteiger partial charge in [-0.1, -0.05) is 72.8 Å². The zero-order chi connectivity index (χ0) is 17.3. The van der Waals surface area contributed by atoms with E-state index in [1.165, 1.54) is 0 Å². The van der Waals surface area contributed by atoms with Gasteiger partial charge in [0, 0.05) is 0 Å². The molecule has 5 rings (SSSR count). The van der Waals surface area contributed by atoms with Gasteiger partial charge in [0.2, 0.25) is 0 Å². The molecule has 0 amide bonds. The van der Waals surface area contributed by atoms with E-state index >= 15 is 0 Å². The standard InChI is InChI=1S/C22H22O4/c1-3-7-15(8-4-1)13-23-21-19-17(25-19)11-12-18-20(26-18)22(21)24-14-16-9-5-2-6-10-16/h1-12,17-22H,13-14H2/t17-,18+,19-,20+,21+,22-. The van der Waals surface area contributed by atoms with Crippen molar-refractivity contribution < 1.29 is 18.9 Å². The molecular formula is C22H22O4. The van der Waals surface area contributed by atoms with E-state index in [0.717, 1.165) is 11.1 Å². The predicted molar refractivity (Wildman–Crippen MR) is 96.5 cm³/mol. The van der Waals surface area contributed by atoms with Crippen LogP contribution in [0.4, 0.5) is 0 Å². The van der Waals surface area contributed by atoms with E-state index in [4.69, 9.17) is 18.9 Å². The predicted octanol–water partition coefficient (Wildman–Crippen LogP) is 3.26. The van der Waals surface area contributed by atoms with Crippen LogP contribution in [0.15, 0.2) is 72.8 Å². The minimum absolute atomic E-state index is 0.0425. The zero-order valence-electron chi connectivity index (χ0n) is 14.4. The number of benzene rings is 2. The van der Waals surface area contributed by atoms with E-state index in [1.807, 2.05) is 36.4 Å². The maximum absolute atomic E-state index is 6.29. The smallest absolute Gasteiger partial charge is 0.117 e. The molecule has 3 aliphatic rings. The summed E-state index contributed by atoms with van der Waals surface area (Å²) < 4.78 is 24.3. The fourth-order valence-corrected chi connectivity index (χ4v) is 3.62. The van der Waals surface area contributed by atoms with Crippen LogP contribution in [0.25, 0.3) is 0 Å². The summed E-state index contributed by atoms with van der Waals surface area (Å²) in [7, 11) is 0. The van der Waals surface area contributed by atoms with Crippen LogP contribution in [0.3, 0.4) is 0 Å². The van der Waals surface area contributed by atoms with Gasteiger partial charge < -0.3 is 18.9 Å². The summed E-state index contributed by atoms with van der Waals surface area (Å²) in [5.74, 6) is 0. The van der Waals surface area contributed by atoms with E-state index in [0.29, 0.717) is 13.2 Å². The molecule has 0 aromatic heterocycles. The molecule has 0 bridgehead atoms. The zero-order valence-corrected chi connectivity index (χ0v) is 14.4. The van der Waals surface area contributed by atoms with Gasteiger partial charge in [-0.05, 0) is 11.1 Å². The fourth-order valence-electron chi connectivity index (χ4n) is 3.62. The van der Waals surface area contributed by atoms with Crippen molar-refractivity contribution >= 4 is 0 Å². The first kappa shape index (κ1) is 16.2. The van der Waals surface area contributed by atoms with E-state index in [-0.39, 0.29) is 36.6 Å². The highest BCUT2D eigenvalue weighted by molar-refractivity contribution is 5.20. The van der Waals surface area contributed by atoms with Crippen LogP contribution < -0.4 is 0 Å². The molecule has 134 valence electrons. The third-order valence-corrected chi connectivity index (χ3v) is 5.16. The normalized spacial score (nSPS) is 34.3. The second-order valence-corrected chi connectivity index (χ2v) is 7.04. The molecule has 0 spiro atoms. The maximum atomic E-state index is 6.29. The molecule has 26 heavy (non-hydrogen) atoms. The lowest BCUT2D eigenvalue weighted by Gasteiger charge is -2.26. The quantitative estimate of drug-likeness (QED) is 0.592. The molecule has 2 aromatic carbocycles. The van der Waals surface area contributed by atoms with Gasteiger partial charge in [0.15, 0.2) is 0 Å². The van der Waals surface area contributed by atoms with Crippen molar-refractivity contribution in [2.75, 3.05) is 0 Å². The van der Waals surface area contributed by atoms with Crippen LogP contribution >= 0.6 is 0 Å². The third kappa shape index (κ3) is 3.46. The molecule has 0 saturated carbocycles. The molecule has 0 unspecified atom stereocenters. The van der Waals surface area contributed by atoms with Crippen molar-refractivity contribution in [2.45, 2.75) is 49.8 Å². The van der Waals surface area contributed by atoms with Gasteiger partial charge in [0.05, 0.1) is 13.2 Å². The van der Waals surface area contributed by atoms with E-state index in [9.17, 15) is 0 Å². The minimum atomic E-state index is -0.135. The first-order valence-electron chi connectivity index (χ1n) is 9.19. The van der Waals surface area contributed by atoms with Crippen LogP contribution in [0.2, 0.25) is 0 Å². The summed E-state index contributed by atoms with van der Waals surface area (Å²) in [6.07, 6.45) is 4.24. The van der Waals surface area contributed by atoms with Gasteiger partial charge in [0.25, 0.3) is 0 Å². The fraction of sp³-hybridized carbons (Fsp3) is 0.364. The minimum Gasteiger partial charge on any atom is -0.368 e. The van der Waals surface area contributed by atoms with Gasteiger partial charge in [0.1, 0.15) is 36.6 Å². The van der Waals surface area contributed by atoms with E-state index < -0.39 is 0 Å². The Bertz CT molecular complexity index is 695. The Balaban J connectivity index is 1.31. The Kier molecular flexibility index (Phi) is 4.35.